The number of carbonyl (C=O) groups excluding carboxylic acids is 1. The number of nitrogens with two attached hydrogens (primary N) is 1. The van der Waals surface area contributed by atoms with E-state index in [1.807, 2.05) is 13.8 Å². The van der Waals surface area contributed by atoms with Gasteiger partial charge >= 0.3 is 0 Å². The standard InChI is InChI=1S/C16H33N3O2/c1-5-16(4,12-17)15(20)18-11-14(10-13(2)3)19-6-8-21-9-7-19/h13-14H,5-12,17H2,1-4H3,(H,18,20). The van der Waals surface area contributed by atoms with E-state index in [2.05, 4.69) is 24.1 Å². The number of morpholine rings is 1. The molecular formula is C16H33N3O2. The van der Waals surface area contributed by atoms with Crippen LogP contribution in [0.2, 0.25) is 0 Å². The molecule has 0 spiro atoms. The zero-order valence-electron chi connectivity index (χ0n) is 14.2. The lowest BCUT2D eigenvalue weighted by molar-refractivity contribution is -0.130. The summed E-state index contributed by atoms with van der Waals surface area (Å²) in [5, 5.41) is 3.13. The summed E-state index contributed by atoms with van der Waals surface area (Å²) in [5.41, 5.74) is 5.31. The molecule has 1 amide bonds. The number of nitrogens with one attached hydrogen (secondary N) is 1. The molecule has 0 radical (unpaired) electrons. The lowest BCUT2D eigenvalue weighted by Crippen LogP contribution is -2.52. The molecule has 0 aliphatic carbocycles. The van der Waals surface area contributed by atoms with E-state index in [0.29, 0.717) is 25.0 Å². The smallest absolute Gasteiger partial charge is 0.227 e. The Kier molecular flexibility index (Phi) is 7.63. The molecule has 0 bridgehead atoms. The fourth-order valence-electron chi connectivity index (χ4n) is 2.67. The first kappa shape index (κ1) is 18.4. The highest BCUT2D eigenvalue weighted by atomic mass is 16.5. The van der Waals surface area contributed by atoms with Crippen molar-refractivity contribution in [3.63, 3.8) is 0 Å². The zero-order chi connectivity index (χ0) is 15.9. The molecule has 1 aliphatic rings. The zero-order valence-corrected chi connectivity index (χ0v) is 14.2. The van der Waals surface area contributed by atoms with Gasteiger partial charge in [0, 0.05) is 32.2 Å². The van der Waals surface area contributed by atoms with Gasteiger partial charge in [-0.2, -0.15) is 0 Å². The van der Waals surface area contributed by atoms with E-state index in [1.54, 1.807) is 0 Å². The Labute approximate surface area is 129 Å². The Hall–Kier alpha value is -0.650. The van der Waals surface area contributed by atoms with Crippen molar-refractivity contribution in [1.29, 1.82) is 0 Å². The minimum absolute atomic E-state index is 0.0783. The van der Waals surface area contributed by atoms with Crippen LogP contribution in [0.15, 0.2) is 0 Å². The van der Waals surface area contributed by atoms with Crippen LogP contribution < -0.4 is 11.1 Å². The van der Waals surface area contributed by atoms with Gasteiger partial charge in [0.1, 0.15) is 0 Å². The van der Waals surface area contributed by atoms with Gasteiger partial charge in [-0.05, 0) is 25.7 Å². The van der Waals surface area contributed by atoms with Crippen LogP contribution >= 0.6 is 0 Å². The molecule has 5 heteroatoms. The second-order valence-corrected chi connectivity index (χ2v) is 6.76. The summed E-state index contributed by atoms with van der Waals surface area (Å²) in [5.74, 6) is 0.691. The normalized spacial score (nSPS) is 21.0. The van der Waals surface area contributed by atoms with Crippen LogP contribution in [0.5, 0.6) is 0 Å². The summed E-state index contributed by atoms with van der Waals surface area (Å²) < 4.78 is 5.42. The van der Waals surface area contributed by atoms with Crippen LogP contribution in [0.3, 0.4) is 0 Å². The van der Waals surface area contributed by atoms with Crippen molar-refractivity contribution < 1.29 is 9.53 Å². The quantitative estimate of drug-likeness (QED) is 0.707. The molecular weight excluding hydrogens is 266 g/mol. The maximum Gasteiger partial charge on any atom is 0.227 e. The first-order valence-corrected chi connectivity index (χ1v) is 8.23. The van der Waals surface area contributed by atoms with Crippen molar-refractivity contribution in [3.05, 3.63) is 0 Å². The van der Waals surface area contributed by atoms with Gasteiger partial charge < -0.3 is 15.8 Å². The number of hydrogen-bond donors (Lipinski definition) is 2. The molecule has 0 saturated carbocycles. The third-order valence-electron chi connectivity index (χ3n) is 4.58. The van der Waals surface area contributed by atoms with Gasteiger partial charge in [0.25, 0.3) is 0 Å². The largest absolute Gasteiger partial charge is 0.379 e. The molecule has 0 aromatic carbocycles. The molecule has 3 N–H and O–H groups in total. The monoisotopic (exact) mass is 299 g/mol. The first-order valence-electron chi connectivity index (χ1n) is 8.23. The Morgan fingerprint density at radius 2 is 2.00 bits per heavy atom. The second-order valence-electron chi connectivity index (χ2n) is 6.76. The van der Waals surface area contributed by atoms with Gasteiger partial charge in [0.15, 0.2) is 0 Å². The van der Waals surface area contributed by atoms with E-state index in [9.17, 15) is 4.79 Å². The molecule has 1 rings (SSSR count). The van der Waals surface area contributed by atoms with Gasteiger partial charge in [-0.15, -0.1) is 0 Å². The lowest BCUT2D eigenvalue weighted by Gasteiger charge is -2.36. The van der Waals surface area contributed by atoms with E-state index < -0.39 is 5.41 Å². The molecule has 2 atom stereocenters. The Morgan fingerprint density at radius 3 is 2.48 bits per heavy atom. The summed E-state index contributed by atoms with van der Waals surface area (Å²) in [6, 6.07) is 0.386. The van der Waals surface area contributed by atoms with Crippen molar-refractivity contribution in [2.24, 2.45) is 17.1 Å². The van der Waals surface area contributed by atoms with Crippen LogP contribution in [0.4, 0.5) is 0 Å². The minimum Gasteiger partial charge on any atom is -0.379 e. The molecule has 1 heterocycles. The van der Waals surface area contributed by atoms with E-state index in [4.69, 9.17) is 10.5 Å². The van der Waals surface area contributed by atoms with Crippen molar-refractivity contribution >= 4 is 5.91 Å². The Morgan fingerprint density at radius 1 is 1.38 bits per heavy atom. The van der Waals surface area contributed by atoms with Crippen molar-refractivity contribution in [2.75, 3.05) is 39.4 Å². The fraction of sp³-hybridized carbons (Fsp3) is 0.938. The topological polar surface area (TPSA) is 67.6 Å². The Balaban J connectivity index is 2.58. The number of rotatable bonds is 8. The molecule has 124 valence electrons. The molecule has 5 nitrogen and oxygen atoms in total. The van der Waals surface area contributed by atoms with Crippen LogP contribution in [0.1, 0.15) is 40.5 Å². The van der Waals surface area contributed by atoms with Gasteiger partial charge in [0.2, 0.25) is 5.91 Å². The van der Waals surface area contributed by atoms with E-state index in [1.165, 1.54) is 0 Å². The molecule has 1 saturated heterocycles. The highest BCUT2D eigenvalue weighted by molar-refractivity contribution is 5.82. The van der Waals surface area contributed by atoms with Crippen LogP contribution in [-0.4, -0.2) is 56.2 Å². The van der Waals surface area contributed by atoms with Crippen molar-refractivity contribution in [3.8, 4) is 0 Å². The third-order valence-corrected chi connectivity index (χ3v) is 4.58. The van der Waals surface area contributed by atoms with E-state index >= 15 is 0 Å². The maximum atomic E-state index is 12.4. The van der Waals surface area contributed by atoms with Crippen LogP contribution in [-0.2, 0) is 9.53 Å². The van der Waals surface area contributed by atoms with Crippen LogP contribution in [0.25, 0.3) is 0 Å². The first-order chi connectivity index (χ1) is 9.92. The predicted octanol–water partition coefficient (Wildman–Crippen LogP) is 1.22. The summed E-state index contributed by atoms with van der Waals surface area (Å²) >= 11 is 0. The molecule has 1 fully saturated rings. The molecule has 1 aliphatic heterocycles. The number of carbonyl (C=O) groups is 1. The molecule has 2 unspecified atom stereocenters. The molecule has 0 aromatic rings. The van der Waals surface area contributed by atoms with Crippen molar-refractivity contribution in [2.45, 2.75) is 46.6 Å². The summed E-state index contributed by atoms with van der Waals surface area (Å²) in [4.78, 5) is 14.8. The second kappa shape index (κ2) is 8.71. The fourth-order valence-corrected chi connectivity index (χ4v) is 2.67. The molecule has 0 aromatic heterocycles. The van der Waals surface area contributed by atoms with Crippen LogP contribution in [0, 0.1) is 11.3 Å². The lowest BCUT2D eigenvalue weighted by atomic mass is 9.86. The molecule has 21 heavy (non-hydrogen) atoms. The summed E-state index contributed by atoms with van der Waals surface area (Å²) in [6.07, 6.45) is 1.85. The van der Waals surface area contributed by atoms with Gasteiger partial charge in [-0.3, -0.25) is 9.69 Å². The Bertz CT molecular complexity index is 311. The average molecular weight is 299 g/mol. The number of amides is 1. The van der Waals surface area contributed by atoms with Crippen molar-refractivity contribution in [1.82, 2.24) is 10.2 Å². The number of hydrogen-bond acceptors (Lipinski definition) is 4. The van der Waals surface area contributed by atoms with E-state index in [0.717, 1.165) is 39.1 Å². The highest BCUT2D eigenvalue weighted by Crippen LogP contribution is 2.20. The summed E-state index contributed by atoms with van der Waals surface area (Å²) in [6.45, 7) is 13.0. The van der Waals surface area contributed by atoms with Gasteiger partial charge in [-0.25, -0.2) is 0 Å². The SMILES string of the molecule is CCC(C)(CN)C(=O)NCC(CC(C)C)N1CCOCC1. The maximum absolute atomic E-state index is 12.4. The average Bonchev–Trinajstić information content (AvgIpc) is 2.50. The highest BCUT2D eigenvalue weighted by Gasteiger charge is 2.30. The third kappa shape index (κ3) is 5.57. The number of ether oxygens (including phenoxy) is 1. The predicted molar refractivity (Wildman–Crippen MR) is 86.1 cm³/mol. The summed E-state index contributed by atoms with van der Waals surface area (Å²) in [7, 11) is 0. The minimum atomic E-state index is -0.451. The van der Waals surface area contributed by atoms with Gasteiger partial charge in [0.05, 0.1) is 18.6 Å². The van der Waals surface area contributed by atoms with Gasteiger partial charge in [-0.1, -0.05) is 20.8 Å². The van der Waals surface area contributed by atoms with E-state index in [-0.39, 0.29) is 5.91 Å². The number of nitrogens with zero attached hydrogens (tertiary/aromatic N) is 1.